The van der Waals surface area contributed by atoms with Crippen LogP contribution in [-0.2, 0) is 0 Å². The van der Waals surface area contributed by atoms with Gasteiger partial charge in [-0.15, -0.1) is 6.58 Å². The van der Waals surface area contributed by atoms with E-state index in [0.29, 0.717) is 0 Å². The van der Waals surface area contributed by atoms with Crippen LogP contribution in [-0.4, -0.2) is 34.7 Å². The molecule has 0 fully saturated rings. The molecule has 0 unspecified atom stereocenters. The van der Waals surface area contributed by atoms with Crippen LogP contribution >= 0.6 is 0 Å². The molecule has 0 amide bonds. The maximum Gasteiger partial charge on any atom is 0.0648 e. The minimum absolute atomic E-state index is 0.960. The van der Waals surface area contributed by atoms with Crippen molar-refractivity contribution in [3.05, 3.63) is 61.2 Å². The Labute approximate surface area is 146 Å². The molecule has 0 saturated carbocycles. The Morgan fingerprint density at radius 1 is 0.750 bits per heavy atom. The molecule has 2 aromatic rings. The summed E-state index contributed by atoms with van der Waals surface area (Å²) in [5.41, 5.74) is 4.93. The van der Waals surface area contributed by atoms with Gasteiger partial charge in [-0.05, 0) is 37.1 Å². The third-order valence-corrected chi connectivity index (χ3v) is 4.10. The Hall–Kier alpha value is -2.42. The quantitative estimate of drug-likeness (QED) is 0.504. The highest BCUT2D eigenvalue weighted by molar-refractivity contribution is 5.83. The topological polar surface area (TPSA) is 9.72 Å². The number of unbranched alkanes of at least 4 members (excludes halogenated alkanes) is 1. The van der Waals surface area contributed by atoms with Crippen LogP contribution in [0, 0.1) is 0 Å². The van der Waals surface area contributed by atoms with E-state index in [1.807, 2.05) is 6.08 Å². The summed E-state index contributed by atoms with van der Waals surface area (Å²) >= 11 is 0. The van der Waals surface area contributed by atoms with Crippen molar-refractivity contribution in [3.8, 4) is 0 Å². The van der Waals surface area contributed by atoms with Gasteiger partial charge >= 0.3 is 0 Å². The number of hydrogen-bond acceptors (Lipinski definition) is 3. The predicted octanol–water partition coefficient (Wildman–Crippen LogP) is 4.92. The fourth-order valence-corrected chi connectivity index (χ4v) is 2.91. The molecular formula is C21H29N3. The van der Waals surface area contributed by atoms with Gasteiger partial charge in [0, 0.05) is 34.7 Å². The van der Waals surface area contributed by atoms with Gasteiger partial charge < -0.3 is 14.7 Å². The van der Waals surface area contributed by atoms with E-state index < -0.39 is 0 Å². The summed E-state index contributed by atoms with van der Waals surface area (Å²) in [6.07, 6.45) is 4.09. The van der Waals surface area contributed by atoms with E-state index in [4.69, 9.17) is 0 Å². The predicted molar refractivity (Wildman–Crippen MR) is 108 cm³/mol. The fourth-order valence-electron chi connectivity index (χ4n) is 2.91. The number of benzene rings is 2. The van der Waals surface area contributed by atoms with Gasteiger partial charge in [-0.25, -0.2) is 0 Å². The first-order valence-electron chi connectivity index (χ1n) is 8.47. The third kappa shape index (κ3) is 4.10. The highest BCUT2D eigenvalue weighted by atomic mass is 15.2. The smallest absolute Gasteiger partial charge is 0.0648 e. The number of para-hydroxylation sites is 4. The Bertz CT molecular complexity index is 610. The molecule has 0 spiro atoms. The molecule has 0 aromatic heterocycles. The third-order valence-electron chi connectivity index (χ3n) is 4.10. The second-order valence-corrected chi connectivity index (χ2v) is 6.35. The van der Waals surface area contributed by atoms with Crippen LogP contribution in [0.15, 0.2) is 61.2 Å². The van der Waals surface area contributed by atoms with Crippen molar-refractivity contribution in [3.63, 3.8) is 0 Å². The van der Waals surface area contributed by atoms with Crippen LogP contribution in [0.25, 0.3) is 0 Å². The molecule has 0 bridgehead atoms. The summed E-state index contributed by atoms with van der Waals surface area (Å²) in [5.74, 6) is 0. The molecule has 0 aliphatic carbocycles. The molecule has 0 heterocycles. The van der Waals surface area contributed by atoms with E-state index in [9.17, 15) is 0 Å². The minimum atomic E-state index is 0.960. The van der Waals surface area contributed by atoms with Gasteiger partial charge in [0.25, 0.3) is 0 Å². The van der Waals surface area contributed by atoms with Crippen LogP contribution < -0.4 is 14.7 Å². The molecule has 0 aliphatic rings. The number of rotatable bonds is 8. The molecular weight excluding hydrogens is 294 g/mol. The Balaban J connectivity index is 2.52. The lowest BCUT2D eigenvalue weighted by molar-refractivity contribution is 0.824. The van der Waals surface area contributed by atoms with Crippen molar-refractivity contribution in [1.29, 1.82) is 0 Å². The number of anilines is 4. The van der Waals surface area contributed by atoms with E-state index in [1.54, 1.807) is 0 Å². The number of allylic oxidation sites excluding steroid dienone is 1. The first kappa shape index (κ1) is 17.9. The van der Waals surface area contributed by atoms with Gasteiger partial charge in [-0.1, -0.05) is 30.3 Å². The molecule has 128 valence electrons. The molecule has 2 aromatic carbocycles. The minimum Gasteiger partial charge on any atom is -0.376 e. The molecule has 0 N–H and O–H groups in total. The van der Waals surface area contributed by atoms with Gasteiger partial charge in [0.15, 0.2) is 0 Å². The Morgan fingerprint density at radius 2 is 1.17 bits per heavy atom. The van der Waals surface area contributed by atoms with Gasteiger partial charge in [-0.3, -0.25) is 0 Å². The van der Waals surface area contributed by atoms with Gasteiger partial charge in [0.1, 0.15) is 0 Å². The average molecular weight is 323 g/mol. The fraction of sp³-hybridized carbons (Fsp3) is 0.333. The largest absolute Gasteiger partial charge is 0.376 e. The van der Waals surface area contributed by atoms with E-state index in [-0.39, 0.29) is 0 Å². The second kappa shape index (κ2) is 8.44. The molecule has 0 aliphatic heterocycles. The number of nitrogens with zero attached hydrogens (tertiary/aromatic N) is 3. The molecule has 0 radical (unpaired) electrons. The number of hydrogen-bond donors (Lipinski definition) is 0. The van der Waals surface area contributed by atoms with E-state index >= 15 is 0 Å². The first-order chi connectivity index (χ1) is 11.6. The van der Waals surface area contributed by atoms with Crippen molar-refractivity contribution in [2.24, 2.45) is 0 Å². The monoisotopic (exact) mass is 323 g/mol. The summed E-state index contributed by atoms with van der Waals surface area (Å²) in [7, 11) is 8.38. The van der Waals surface area contributed by atoms with Crippen LogP contribution in [0.4, 0.5) is 22.7 Å². The molecule has 2 rings (SSSR count). The van der Waals surface area contributed by atoms with E-state index in [0.717, 1.165) is 19.4 Å². The van der Waals surface area contributed by atoms with Gasteiger partial charge in [0.05, 0.1) is 22.7 Å². The first-order valence-corrected chi connectivity index (χ1v) is 8.47. The van der Waals surface area contributed by atoms with Crippen LogP contribution in [0.3, 0.4) is 0 Å². The molecule has 0 saturated heterocycles. The normalized spacial score (nSPS) is 10.3. The van der Waals surface area contributed by atoms with Crippen LogP contribution in [0.5, 0.6) is 0 Å². The van der Waals surface area contributed by atoms with Gasteiger partial charge in [-0.2, -0.15) is 0 Å². The lowest BCUT2D eigenvalue weighted by Gasteiger charge is -2.32. The zero-order chi connectivity index (χ0) is 17.5. The van der Waals surface area contributed by atoms with Crippen LogP contribution in [0.2, 0.25) is 0 Å². The zero-order valence-corrected chi connectivity index (χ0v) is 15.4. The average Bonchev–Trinajstić information content (AvgIpc) is 2.59. The Kier molecular flexibility index (Phi) is 6.30. The lowest BCUT2D eigenvalue weighted by atomic mass is 10.1. The SMILES string of the molecule is C=CCCCN(c1ccccc1N(C)C)c1ccccc1N(C)C. The lowest BCUT2D eigenvalue weighted by Crippen LogP contribution is -2.24. The summed E-state index contributed by atoms with van der Waals surface area (Å²) in [6, 6.07) is 17.2. The molecule has 0 atom stereocenters. The standard InChI is InChI=1S/C21H29N3/c1-6-7-12-17-24(20-15-10-8-13-18(20)22(2)3)21-16-11-9-14-19(21)23(4)5/h6,8-11,13-16H,1,7,12,17H2,2-5H3. The highest BCUT2D eigenvalue weighted by Crippen LogP contribution is 2.38. The van der Waals surface area contributed by atoms with Crippen molar-refractivity contribution in [1.82, 2.24) is 0 Å². The second-order valence-electron chi connectivity index (χ2n) is 6.35. The maximum absolute atomic E-state index is 3.86. The van der Waals surface area contributed by atoms with E-state index in [1.165, 1.54) is 22.7 Å². The highest BCUT2D eigenvalue weighted by Gasteiger charge is 2.17. The van der Waals surface area contributed by atoms with Gasteiger partial charge in [0.2, 0.25) is 0 Å². The zero-order valence-electron chi connectivity index (χ0n) is 15.4. The summed E-state index contributed by atoms with van der Waals surface area (Å²) < 4.78 is 0. The van der Waals surface area contributed by atoms with Crippen molar-refractivity contribution < 1.29 is 0 Å². The van der Waals surface area contributed by atoms with E-state index in [2.05, 4.69) is 98.0 Å². The molecule has 3 nitrogen and oxygen atoms in total. The van der Waals surface area contributed by atoms with Crippen molar-refractivity contribution in [2.45, 2.75) is 12.8 Å². The van der Waals surface area contributed by atoms with Crippen LogP contribution in [0.1, 0.15) is 12.8 Å². The molecule has 24 heavy (non-hydrogen) atoms. The van der Waals surface area contributed by atoms with Crippen molar-refractivity contribution >= 4 is 22.7 Å². The maximum atomic E-state index is 3.86. The molecule has 3 heteroatoms. The summed E-state index contributed by atoms with van der Waals surface area (Å²) in [5, 5.41) is 0. The Morgan fingerprint density at radius 3 is 1.54 bits per heavy atom. The summed E-state index contributed by atoms with van der Waals surface area (Å²) in [6.45, 7) is 4.82. The van der Waals surface area contributed by atoms with Crippen molar-refractivity contribution in [2.75, 3.05) is 49.4 Å². The summed E-state index contributed by atoms with van der Waals surface area (Å²) in [4.78, 5) is 6.77.